The van der Waals surface area contributed by atoms with E-state index in [4.69, 9.17) is 9.47 Å². The van der Waals surface area contributed by atoms with Crippen LogP contribution in [0.15, 0.2) is 54.9 Å². The quantitative estimate of drug-likeness (QED) is 0.539. The summed E-state index contributed by atoms with van der Waals surface area (Å²) in [5.74, 6) is -0.0162. The first-order valence-corrected chi connectivity index (χ1v) is 8.56. The molecule has 0 bridgehead atoms. The molecule has 142 valence electrons. The van der Waals surface area contributed by atoms with Crippen molar-refractivity contribution in [1.82, 2.24) is 9.78 Å². The van der Waals surface area contributed by atoms with E-state index in [1.807, 2.05) is 24.4 Å². The highest BCUT2D eigenvalue weighted by Crippen LogP contribution is 2.36. The molecule has 9 heteroatoms. The molecule has 0 fully saturated rings. The number of amides is 1. The maximum absolute atomic E-state index is 12.6. The number of fused-ring (bicyclic) bond motifs is 1. The molecule has 1 aromatic heterocycles. The zero-order valence-electron chi connectivity index (χ0n) is 14.7. The topological polar surface area (TPSA) is 109 Å². The summed E-state index contributed by atoms with van der Waals surface area (Å²) in [5.41, 5.74) is 1.11. The van der Waals surface area contributed by atoms with Crippen molar-refractivity contribution in [2.45, 2.75) is 6.54 Å². The van der Waals surface area contributed by atoms with Gasteiger partial charge in [0.05, 0.1) is 17.5 Å². The maximum atomic E-state index is 12.6. The second kappa shape index (κ2) is 7.39. The molecule has 28 heavy (non-hydrogen) atoms. The van der Waals surface area contributed by atoms with Crippen molar-refractivity contribution in [2.75, 3.05) is 18.5 Å². The van der Waals surface area contributed by atoms with E-state index in [1.54, 1.807) is 23.0 Å². The number of nitro groups is 1. The van der Waals surface area contributed by atoms with Crippen LogP contribution >= 0.6 is 0 Å². The molecule has 9 nitrogen and oxygen atoms in total. The van der Waals surface area contributed by atoms with E-state index in [0.717, 1.165) is 5.56 Å². The van der Waals surface area contributed by atoms with Gasteiger partial charge in [-0.15, -0.1) is 0 Å². The van der Waals surface area contributed by atoms with Crippen LogP contribution in [-0.2, 0) is 6.54 Å². The summed E-state index contributed by atoms with van der Waals surface area (Å²) < 4.78 is 12.6. The predicted molar refractivity (Wildman–Crippen MR) is 99.8 cm³/mol. The average molecular weight is 380 g/mol. The van der Waals surface area contributed by atoms with Gasteiger partial charge in [0.25, 0.3) is 11.6 Å². The van der Waals surface area contributed by atoms with E-state index in [1.165, 1.54) is 12.1 Å². The van der Waals surface area contributed by atoms with Crippen LogP contribution in [0, 0.1) is 10.1 Å². The first-order chi connectivity index (χ1) is 13.6. The fourth-order valence-corrected chi connectivity index (χ4v) is 2.88. The minimum Gasteiger partial charge on any atom is -0.486 e. The van der Waals surface area contributed by atoms with Crippen molar-refractivity contribution in [1.29, 1.82) is 0 Å². The summed E-state index contributed by atoms with van der Waals surface area (Å²) in [4.78, 5) is 23.4. The minimum atomic E-state index is -0.611. The van der Waals surface area contributed by atoms with Gasteiger partial charge in [-0.2, -0.15) is 5.10 Å². The molecule has 1 amide bonds. The lowest BCUT2D eigenvalue weighted by Gasteiger charge is -2.18. The number of anilines is 1. The minimum absolute atomic E-state index is 0.0881. The number of ether oxygens (including phenoxy) is 2. The van der Waals surface area contributed by atoms with Crippen LogP contribution in [-0.4, -0.2) is 33.8 Å². The fourth-order valence-electron chi connectivity index (χ4n) is 2.88. The van der Waals surface area contributed by atoms with Crippen molar-refractivity contribution < 1.29 is 19.2 Å². The summed E-state index contributed by atoms with van der Waals surface area (Å²) in [5, 5.41) is 18.2. The van der Waals surface area contributed by atoms with Crippen LogP contribution in [0.4, 0.5) is 11.4 Å². The van der Waals surface area contributed by atoms with Crippen molar-refractivity contribution in [3.8, 4) is 11.5 Å². The third kappa shape index (κ3) is 3.63. The molecular weight excluding hydrogens is 364 g/mol. The Balaban J connectivity index is 1.54. The highest BCUT2D eigenvalue weighted by molar-refractivity contribution is 6.07. The van der Waals surface area contributed by atoms with Crippen LogP contribution in [0.3, 0.4) is 0 Å². The first kappa shape index (κ1) is 17.5. The van der Waals surface area contributed by atoms with E-state index in [0.29, 0.717) is 31.2 Å². The first-order valence-electron chi connectivity index (χ1n) is 8.56. The summed E-state index contributed by atoms with van der Waals surface area (Å²) in [6.07, 6.45) is 3.56. The number of hydrogen-bond acceptors (Lipinski definition) is 6. The van der Waals surface area contributed by atoms with E-state index in [-0.39, 0.29) is 17.0 Å². The largest absolute Gasteiger partial charge is 0.486 e. The summed E-state index contributed by atoms with van der Waals surface area (Å²) in [6.45, 7) is 1.24. The molecule has 4 rings (SSSR count). The van der Waals surface area contributed by atoms with Gasteiger partial charge < -0.3 is 14.8 Å². The van der Waals surface area contributed by atoms with Crippen molar-refractivity contribution in [3.05, 3.63) is 76.1 Å². The van der Waals surface area contributed by atoms with Crippen LogP contribution in [0.25, 0.3) is 0 Å². The second-order valence-electron chi connectivity index (χ2n) is 6.12. The van der Waals surface area contributed by atoms with Crippen molar-refractivity contribution in [2.24, 2.45) is 0 Å². The molecule has 0 saturated heterocycles. The Morgan fingerprint density at radius 3 is 2.54 bits per heavy atom. The van der Waals surface area contributed by atoms with E-state index in [2.05, 4.69) is 10.4 Å². The number of hydrogen-bond donors (Lipinski definition) is 1. The third-order valence-electron chi connectivity index (χ3n) is 4.22. The standard InChI is InChI=1S/C19H16N4O5/c24-19(15-10-17-18(28-9-8-27-17)11-16(15)23(25)26)21-14-4-2-13(3-5-14)12-22-7-1-6-20-22/h1-7,10-11H,8-9,12H2,(H,21,24). The number of nitrogens with one attached hydrogen (secondary N) is 1. The number of aromatic nitrogens is 2. The molecule has 3 aromatic rings. The van der Waals surface area contributed by atoms with Crippen molar-refractivity contribution in [3.63, 3.8) is 0 Å². The highest BCUT2D eigenvalue weighted by Gasteiger charge is 2.26. The van der Waals surface area contributed by atoms with E-state index < -0.39 is 10.8 Å². The Hall–Kier alpha value is -3.88. The zero-order valence-corrected chi connectivity index (χ0v) is 14.7. The lowest BCUT2D eigenvalue weighted by atomic mass is 10.1. The zero-order chi connectivity index (χ0) is 19.5. The molecule has 1 aliphatic heterocycles. The molecule has 0 spiro atoms. The van der Waals surface area contributed by atoms with Crippen molar-refractivity contribution >= 4 is 17.3 Å². The Morgan fingerprint density at radius 2 is 1.89 bits per heavy atom. The van der Waals surface area contributed by atoms with Gasteiger partial charge in [-0.1, -0.05) is 12.1 Å². The Morgan fingerprint density at radius 1 is 1.18 bits per heavy atom. The SMILES string of the molecule is O=C(Nc1ccc(Cn2cccn2)cc1)c1cc2c(cc1[N+](=O)[O-])OCCO2. The Bertz CT molecular complexity index is 1020. The molecular formula is C19H16N4O5. The van der Waals surface area contributed by atoms with Crippen LogP contribution in [0.2, 0.25) is 0 Å². The molecule has 0 radical (unpaired) electrons. The maximum Gasteiger partial charge on any atom is 0.286 e. The van der Waals surface area contributed by atoms with Gasteiger partial charge in [-0.25, -0.2) is 0 Å². The van der Waals surface area contributed by atoms with Gasteiger partial charge in [-0.05, 0) is 23.8 Å². The number of carbonyl (C=O) groups is 1. The van der Waals surface area contributed by atoms with Gasteiger partial charge in [0.2, 0.25) is 0 Å². The third-order valence-corrected chi connectivity index (χ3v) is 4.22. The average Bonchev–Trinajstić information content (AvgIpc) is 3.21. The van der Waals surface area contributed by atoms with Gasteiger partial charge in [0.15, 0.2) is 11.5 Å². The molecule has 0 saturated carbocycles. The molecule has 1 N–H and O–H groups in total. The van der Waals surface area contributed by atoms with Gasteiger partial charge in [0, 0.05) is 24.1 Å². The fraction of sp³-hybridized carbons (Fsp3) is 0.158. The highest BCUT2D eigenvalue weighted by atomic mass is 16.6. The predicted octanol–water partition coefficient (Wildman–Crippen LogP) is 2.86. The molecule has 0 atom stereocenters. The monoisotopic (exact) mass is 380 g/mol. The van der Waals surface area contributed by atoms with Gasteiger partial charge >= 0.3 is 0 Å². The number of nitrogens with zero attached hydrogens (tertiary/aromatic N) is 3. The smallest absolute Gasteiger partial charge is 0.286 e. The van der Waals surface area contributed by atoms with Crippen LogP contribution in [0.1, 0.15) is 15.9 Å². The number of nitro benzene ring substituents is 1. The second-order valence-corrected chi connectivity index (χ2v) is 6.12. The molecule has 2 heterocycles. The molecule has 2 aromatic carbocycles. The summed E-state index contributed by atoms with van der Waals surface area (Å²) in [7, 11) is 0. The molecule has 0 aliphatic carbocycles. The van der Waals surface area contributed by atoms with Crippen LogP contribution in [0.5, 0.6) is 11.5 Å². The number of benzene rings is 2. The lowest BCUT2D eigenvalue weighted by molar-refractivity contribution is -0.385. The van der Waals surface area contributed by atoms with Crippen LogP contribution < -0.4 is 14.8 Å². The summed E-state index contributed by atoms with van der Waals surface area (Å²) in [6, 6.07) is 11.6. The number of carbonyl (C=O) groups excluding carboxylic acids is 1. The molecule has 0 unspecified atom stereocenters. The lowest BCUT2D eigenvalue weighted by Crippen LogP contribution is -2.18. The number of rotatable bonds is 5. The normalized spacial score (nSPS) is 12.4. The van der Waals surface area contributed by atoms with E-state index >= 15 is 0 Å². The molecule has 1 aliphatic rings. The Labute approximate surface area is 159 Å². The Kier molecular flexibility index (Phi) is 4.63. The van der Waals surface area contributed by atoms with E-state index in [9.17, 15) is 14.9 Å². The van der Waals surface area contributed by atoms with Gasteiger partial charge in [-0.3, -0.25) is 19.6 Å². The van der Waals surface area contributed by atoms with Gasteiger partial charge in [0.1, 0.15) is 18.8 Å². The summed E-state index contributed by atoms with van der Waals surface area (Å²) >= 11 is 0.